The first kappa shape index (κ1) is 8.05. The molecular weight excluding hydrogens is 160 g/mol. The lowest BCUT2D eigenvalue weighted by Crippen LogP contribution is -2.39. The molecule has 1 saturated heterocycles. The number of hydrogen-bond acceptors (Lipinski definition) is 0. The first-order chi connectivity index (χ1) is 5.67. The quantitative estimate of drug-likeness (QED) is 0.575. The van der Waals surface area contributed by atoms with E-state index < -0.39 is 8.07 Å². The minimum atomic E-state index is -0.696. The third-order valence-corrected chi connectivity index (χ3v) is 6.06. The molecule has 1 aliphatic heterocycles. The lowest BCUT2D eigenvalue weighted by Gasteiger charge is -2.41. The van der Waals surface area contributed by atoms with E-state index in [1.54, 1.807) is 5.56 Å². The smallest absolute Gasteiger partial charge is 0.0485 e. The fourth-order valence-electron chi connectivity index (χ4n) is 2.24. The van der Waals surface area contributed by atoms with Crippen molar-refractivity contribution in [2.75, 3.05) is 0 Å². The summed E-state index contributed by atoms with van der Waals surface area (Å²) in [7, 11) is -0.696. The fourth-order valence-corrected chi connectivity index (χ4v) is 5.26. The molecule has 0 N–H and O–H groups in total. The van der Waals surface area contributed by atoms with Gasteiger partial charge < -0.3 is 0 Å². The molecule has 0 bridgehead atoms. The van der Waals surface area contributed by atoms with E-state index in [4.69, 9.17) is 0 Å². The predicted octanol–water partition coefficient (Wildman–Crippen LogP) is 3.49. The van der Waals surface area contributed by atoms with Gasteiger partial charge in [0.25, 0.3) is 0 Å². The number of rotatable bonds is 1. The maximum absolute atomic E-state index is 2.49. The summed E-state index contributed by atoms with van der Waals surface area (Å²) in [4.78, 5) is 0. The second kappa shape index (κ2) is 2.73. The lowest BCUT2D eigenvalue weighted by atomic mass is 10.0. The van der Waals surface area contributed by atoms with E-state index in [1.165, 1.54) is 12.1 Å². The summed E-state index contributed by atoms with van der Waals surface area (Å²) in [5, 5.41) is 0. The van der Waals surface area contributed by atoms with Crippen LogP contribution in [0, 0.1) is 0 Å². The summed E-state index contributed by atoms with van der Waals surface area (Å²) < 4.78 is 0. The van der Waals surface area contributed by atoms with Crippen LogP contribution in [-0.2, 0) is 0 Å². The summed E-state index contributed by atoms with van der Waals surface area (Å²) in [6, 6.07) is 14.0. The van der Waals surface area contributed by atoms with Crippen LogP contribution in [0.15, 0.2) is 30.3 Å². The van der Waals surface area contributed by atoms with Crippen molar-refractivity contribution in [3.63, 3.8) is 0 Å². The van der Waals surface area contributed by atoms with Crippen LogP contribution >= 0.6 is 0 Å². The zero-order valence-electron chi connectivity index (χ0n) is 7.88. The van der Waals surface area contributed by atoms with Crippen LogP contribution in [0.5, 0.6) is 0 Å². The van der Waals surface area contributed by atoms with Crippen molar-refractivity contribution in [2.24, 2.45) is 0 Å². The van der Waals surface area contributed by atoms with Gasteiger partial charge in [-0.25, -0.2) is 0 Å². The van der Waals surface area contributed by atoms with Crippen LogP contribution in [-0.4, -0.2) is 8.07 Å². The highest BCUT2D eigenvalue weighted by Crippen LogP contribution is 2.44. The molecule has 12 heavy (non-hydrogen) atoms. The topological polar surface area (TPSA) is 0 Å². The van der Waals surface area contributed by atoms with Crippen molar-refractivity contribution < 1.29 is 0 Å². The van der Waals surface area contributed by atoms with E-state index in [0.717, 1.165) is 5.92 Å². The lowest BCUT2D eigenvalue weighted by molar-refractivity contribution is 0.744. The maximum atomic E-state index is 2.49. The Bertz CT molecular complexity index is 256. The molecule has 0 unspecified atom stereocenters. The minimum absolute atomic E-state index is 0.696. The van der Waals surface area contributed by atoms with Gasteiger partial charge in [-0.2, -0.15) is 0 Å². The fraction of sp³-hybridized carbons (Fsp3) is 0.455. The van der Waals surface area contributed by atoms with Crippen molar-refractivity contribution in [1.82, 2.24) is 0 Å². The summed E-state index contributed by atoms with van der Waals surface area (Å²) in [5.41, 5.74) is 1.56. The highest BCUT2D eigenvalue weighted by Gasteiger charge is 2.38. The van der Waals surface area contributed by atoms with Gasteiger partial charge in [-0.15, -0.1) is 0 Å². The van der Waals surface area contributed by atoms with E-state index in [1.807, 2.05) is 0 Å². The largest absolute Gasteiger partial charge is 0.0693 e. The van der Waals surface area contributed by atoms with E-state index >= 15 is 0 Å². The molecule has 0 saturated carbocycles. The van der Waals surface area contributed by atoms with Crippen LogP contribution in [0.4, 0.5) is 0 Å². The molecule has 1 heterocycles. The zero-order chi connectivity index (χ0) is 8.60. The second-order valence-electron chi connectivity index (χ2n) is 4.68. The number of hydrogen-bond donors (Lipinski definition) is 0. The standard InChI is InChI=1S/C11H16Si/c1-12(2)8-11(9-12)10-6-4-3-5-7-10/h3-7,11H,8-9H2,1-2H3. The molecule has 64 valence electrons. The zero-order valence-corrected chi connectivity index (χ0v) is 8.88. The molecule has 1 aromatic carbocycles. The monoisotopic (exact) mass is 176 g/mol. The van der Waals surface area contributed by atoms with Gasteiger partial charge in [-0.05, 0) is 11.5 Å². The minimum Gasteiger partial charge on any atom is -0.0693 e. The molecular formula is C11H16Si. The Kier molecular flexibility index (Phi) is 1.84. The van der Waals surface area contributed by atoms with Gasteiger partial charge in [-0.1, -0.05) is 55.5 Å². The van der Waals surface area contributed by atoms with Crippen LogP contribution in [0.1, 0.15) is 11.5 Å². The van der Waals surface area contributed by atoms with Crippen LogP contribution in [0.2, 0.25) is 25.2 Å². The van der Waals surface area contributed by atoms with Crippen molar-refractivity contribution >= 4 is 8.07 Å². The Hall–Kier alpha value is -0.563. The molecule has 0 atom stereocenters. The van der Waals surface area contributed by atoms with Gasteiger partial charge in [0.2, 0.25) is 0 Å². The van der Waals surface area contributed by atoms with Gasteiger partial charge in [0.05, 0.1) is 0 Å². The SMILES string of the molecule is C[Si]1(C)CC(c2ccccc2)C1. The third-order valence-electron chi connectivity index (χ3n) is 2.87. The summed E-state index contributed by atoms with van der Waals surface area (Å²) in [6.07, 6.45) is 0. The Morgan fingerprint density at radius 1 is 1.08 bits per heavy atom. The maximum Gasteiger partial charge on any atom is 0.0485 e. The van der Waals surface area contributed by atoms with E-state index in [-0.39, 0.29) is 0 Å². The van der Waals surface area contributed by atoms with Crippen LogP contribution < -0.4 is 0 Å². The molecule has 1 aliphatic rings. The third kappa shape index (κ3) is 1.46. The van der Waals surface area contributed by atoms with Gasteiger partial charge in [0, 0.05) is 8.07 Å². The Morgan fingerprint density at radius 3 is 2.17 bits per heavy atom. The van der Waals surface area contributed by atoms with Crippen molar-refractivity contribution in [3.05, 3.63) is 35.9 Å². The average Bonchev–Trinajstić information content (AvgIpc) is 2.02. The van der Waals surface area contributed by atoms with Crippen molar-refractivity contribution in [2.45, 2.75) is 31.1 Å². The second-order valence-corrected chi connectivity index (χ2v) is 9.82. The molecule has 2 rings (SSSR count). The normalized spacial score (nSPS) is 21.8. The van der Waals surface area contributed by atoms with Gasteiger partial charge in [0.15, 0.2) is 0 Å². The molecule has 1 aromatic rings. The first-order valence-electron chi connectivity index (χ1n) is 4.72. The van der Waals surface area contributed by atoms with Crippen LogP contribution in [0.25, 0.3) is 0 Å². The van der Waals surface area contributed by atoms with Crippen molar-refractivity contribution in [3.8, 4) is 0 Å². The molecule has 0 nitrogen and oxygen atoms in total. The first-order valence-corrected chi connectivity index (χ1v) is 8.14. The highest BCUT2D eigenvalue weighted by atomic mass is 28.3. The predicted molar refractivity (Wildman–Crippen MR) is 56.3 cm³/mol. The van der Waals surface area contributed by atoms with Gasteiger partial charge in [0.1, 0.15) is 0 Å². The van der Waals surface area contributed by atoms with E-state index in [0.29, 0.717) is 0 Å². The van der Waals surface area contributed by atoms with E-state index in [9.17, 15) is 0 Å². The molecule has 1 heteroatoms. The summed E-state index contributed by atoms with van der Waals surface area (Å²) >= 11 is 0. The molecule has 0 aliphatic carbocycles. The molecule has 0 aromatic heterocycles. The molecule has 0 radical (unpaired) electrons. The van der Waals surface area contributed by atoms with Gasteiger partial charge >= 0.3 is 0 Å². The Morgan fingerprint density at radius 2 is 1.67 bits per heavy atom. The highest BCUT2D eigenvalue weighted by molar-refractivity contribution is 6.80. The van der Waals surface area contributed by atoms with Crippen LogP contribution in [0.3, 0.4) is 0 Å². The number of benzene rings is 1. The van der Waals surface area contributed by atoms with Crippen molar-refractivity contribution in [1.29, 1.82) is 0 Å². The Balaban J connectivity index is 2.06. The Labute approximate surface area is 75.6 Å². The van der Waals surface area contributed by atoms with Gasteiger partial charge in [-0.3, -0.25) is 0 Å². The molecule has 1 fully saturated rings. The molecule has 0 amide bonds. The molecule has 0 spiro atoms. The van der Waals surface area contributed by atoms with E-state index in [2.05, 4.69) is 43.4 Å². The summed E-state index contributed by atoms with van der Waals surface area (Å²) in [6.45, 7) is 4.98. The summed E-state index contributed by atoms with van der Waals surface area (Å²) in [5.74, 6) is 0.896. The average molecular weight is 176 g/mol.